The van der Waals surface area contributed by atoms with E-state index in [0.29, 0.717) is 43.3 Å². The fourth-order valence-corrected chi connectivity index (χ4v) is 4.16. The predicted octanol–water partition coefficient (Wildman–Crippen LogP) is 2.31. The van der Waals surface area contributed by atoms with Gasteiger partial charge in [-0.25, -0.2) is 9.97 Å². The zero-order valence-electron chi connectivity index (χ0n) is 16.9. The molecule has 2 aromatic rings. The van der Waals surface area contributed by atoms with E-state index < -0.39 is 0 Å². The lowest BCUT2D eigenvalue weighted by atomic mass is 10.1. The van der Waals surface area contributed by atoms with Gasteiger partial charge in [0.05, 0.1) is 30.5 Å². The van der Waals surface area contributed by atoms with Gasteiger partial charge >= 0.3 is 0 Å². The van der Waals surface area contributed by atoms with E-state index in [0.717, 1.165) is 25.1 Å². The summed E-state index contributed by atoms with van der Waals surface area (Å²) in [5.41, 5.74) is 1.83. The minimum Gasteiger partial charge on any atom is -0.373 e. The molecule has 0 bridgehead atoms. The molecule has 1 N–H and O–H groups in total. The van der Waals surface area contributed by atoms with Crippen LogP contribution in [0.5, 0.6) is 0 Å². The Bertz CT molecular complexity index is 895. The van der Waals surface area contributed by atoms with Gasteiger partial charge in [0.25, 0.3) is 11.8 Å². The van der Waals surface area contributed by atoms with E-state index in [4.69, 9.17) is 4.74 Å². The molecule has 2 amide bonds. The molecule has 4 heterocycles. The molecule has 2 aliphatic heterocycles. The Hall–Kier alpha value is -2.74. The van der Waals surface area contributed by atoms with Crippen molar-refractivity contribution in [3.63, 3.8) is 0 Å². The highest BCUT2D eigenvalue weighted by Gasteiger charge is 2.32. The van der Waals surface area contributed by atoms with E-state index in [1.807, 2.05) is 16.4 Å². The standard InChI is InChI=1S/C21H27N5O3/c1-3-16(19-22-7-5-8-23-19)24-20(27)15-12-17(26-10-11-29-13-18(15)26)21(28)25-9-4-6-14(25)2/h5,7-8,12,14,16H,3-4,6,9-11,13H2,1-2H3,(H,24,27)/t14-,16+/m0/s1. The minimum atomic E-state index is -0.290. The molecule has 2 aromatic heterocycles. The van der Waals surface area contributed by atoms with Gasteiger partial charge in [0.15, 0.2) is 0 Å². The first-order valence-electron chi connectivity index (χ1n) is 10.3. The van der Waals surface area contributed by atoms with Crippen molar-refractivity contribution >= 4 is 11.8 Å². The molecule has 4 rings (SSSR count). The lowest BCUT2D eigenvalue weighted by Gasteiger charge is -2.24. The third-order valence-corrected chi connectivity index (χ3v) is 5.80. The molecule has 29 heavy (non-hydrogen) atoms. The highest BCUT2D eigenvalue weighted by molar-refractivity contribution is 6.01. The van der Waals surface area contributed by atoms with Crippen LogP contribution in [-0.4, -0.2) is 50.4 Å². The lowest BCUT2D eigenvalue weighted by Crippen LogP contribution is -2.35. The summed E-state index contributed by atoms with van der Waals surface area (Å²) < 4.78 is 7.54. The second-order valence-electron chi connectivity index (χ2n) is 7.63. The van der Waals surface area contributed by atoms with Crippen molar-refractivity contribution in [2.24, 2.45) is 0 Å². The third kappa shape index (κ3) is 3.76. The average molecular weight is 397 g/mol. The number of rotatable bonds is 5. The van der Waals surface area contributed by atoms with Gasteiger partial charge < -0.3 is 19.5 Å². The molecule has 2 atom stereocenters. The fraction of sp³-hybridized carbons (Fsp3) is 0.524. The SMILES string of the molecule is CC[C@@H](NC(=O)c1cc(C(=O)N2CCC[C@@H]2C)n2c1COCC2)c1ncccn1. The number of aromatic nitrogens is 3. The van der Waals surface area contributed by atoms with Crippen molar-refractivity contribution in [2.75, 3.05) is 13.2 Å². The molecule has 0 unspecified atom stereocenters. The van der Waals surface area contributed by atoms with Crippen LogP contribution >= 0.6 is 0 Å². The van der Waals surface area contributed by atoms with Gasteiger partial charge in [-0.1, -0.05) is 6.92 Å². The van der Waals surface area contributed by atoms with Gasteiger partial charge in [-0.05, 0) is 38.3 Å². The summed E-state index contributed by atoms with van der Waals surface area (Å²) >= 11 is 0. The van der Waals surface area contributed by atoms with Crippen molar-refractivity contribution in [2.45, 2.75) is 58.3 Å². The normalized spacial score (nSPS) is 19.7. The van der Waals surface area contributed by atoms with Crippen molar-refractivity contribution in [1.29, 1.82) is 0 Å². The van der Waals surface area contributed by atoms with Gasteiger partial charge in [0.2, 0.25) is 0 Å². The summed E-state index contributed by atoms with van der Waals surface area (Å²) in [5, 5.41) is 3.02. The molecule has 1 saturated heterocycles. The number of ether oxygens (including phenoxy) is 1. The second kappa shape index (κ2) is 8.32. The summed E-state index contributed by atoms with van der Waals surface area (Å²) in [4.78, 5) is 36.7. The molecule has 8 heteroatoms. The van der Waals surface area contributed by atoms with Gasteiger partial charge in [0.1, 0.15) is 11.5 Å². The number of fused-ring (bicyclic) bond motifs is 1. The van der Waals surface area contributed by atoms with Gasteiger partial charge in [0, 0.05) is 31.5 Å². The molecule has 0 spiro atoms. The second-order valence-corrected chi connectivity index (χ2v) is 7.63. The van der Waals surface area contributed by atoms with Gasteiger partial charge in [-0.2, -0.15) is 0 Å². The number of nitrogens with one attached hydrogen (secondary N) is 1. The van der Waals surface area contributed by atoms with Crippen LogP contribution in [0.1, 0.15) is 71.5 Å². The molecule has 2 aliphatic rings. The largest absolute Gasteiger partial charge is 0.373 e. The maximum Gasteiger partial charge on any atom is 0.270 e. The van der Waals surface area contributed by atoms with E-state index in [1.165, 1.54) is 0 Å². The number of carbonyl (C=O) groups excluding carboxylic acids is 2. The van der Waals surface area contributed by atoms with Crippen LogP contribution in [0.15, 0.2) is 24.5 Å². The fourth-order valence-electron chi connectivity index (χ4n) is 4.16. The first kappa shape index (κ1) is 19.6. The van der Waals surface area contributed by atoms with Crippen LogP contribution in [0.3, 0.4) is 0 Å². The molecule has 0 aromatic carbocycles. The van der Waals surface area contributed by atoms with E-state index in [-0.39, 0.29) is 23.9 Å². The Kier molecular flexibility index (Phi) is 5.62. The summed E-state index contributed by atoms with van der Waals surface area (Å²) in [6.07, 6.45) is 6.04. The number of likely N-dealkylation sites (tertiary alicyclic amines) is 1. The number of hydrogen-bond donors (Lipinski definition) is 1. The predicted molar refractivity (Wildman–Crippen MR) is 106 cm³/mol. The maximum absolute atomic E-state index is 13.2. The summed E-state index contributed by atoms with van der Waals surface area (Å²) in [5.74, 6) is 0.345. The molecule has 0 radical (unpaired) electrons. The highest BCUT2D eigenvalue weighted by Crippen LogP contribution is 2.26. The molecule has 154 valence electrons. The molecule has 0 aliphatic carbocycles. The van der Waals surface area contributed by atoms with Gasteiger partial charge in [-0.3, -0.25) is 9.59 Å². The Morgan fingerprint density at radius 2 is 2.10 bits per heavy atom. The van der Waals surface area contributed by atoms with Crippen LogP contribution in [0.25, 0.3) is 0 Å². The zero-order chi connectivity index (χ0) is 20.4. The first-order valence-corrected chi connectivity index (χ1v) is 10.3. The van der Waals surface area contributed by atoms with E-state index >= 15 is 0 Å². The number of hydrogen-bond acceptors (Lipinski definition) is 5. The van der Waals surface area contributed by atoms with Crippen LogP contribution in [0, 0.1) is 0 Å². The van der Waals surface area contributed by atoms with Crippen LogP contribution < -0.4 is 5.32 Å². The highest BCUT2D eigenvalue weighted by atomic mass is 16.5. The monoisotopic (exact) mass is 397 g/mol. The smallest absolute Gasteiger partial charge is 0.270 e. The van der Waals surface area contributed by atoms with Crippen molar-refractivity contribution in [3.05, 3.63) is 47.3 Å². The third-order valence-electron chi connectivity index (χ3n) is 5.80. The van der Waals surface area contributed by atoms with Crippen molar-refractivity contribution in [3.8, 4) is 0 Å². The maximum atomic E-state index is 13.2. The Morgan fingerprint density at radius 1 is 1.31 bits per heavy atom. The Morgan fingerprint density at radius 3 is 2.79 bits per heavy atom. The molecule has 0 saturated carbocycles. The number of carbonyl (C=O) groups is 2. The van der Waals surface area contributed by atoms with Crippen molar-refractivity contribution < 1.29 is 14.3 Å². The molecule has 8 nitrogen and oxygen atoms in total. The van der Waals surface area contributed by atoms with Crippen LogP contribution in [0.4, 0.5) is 0 Å². The number of amides is 2. The van der Waals surface area contributed by atoms with Crippen LogP contribution in [0.2, 0.25) is 0 Å². The topological polar surface area (TPSA) is 89.4 Å². The average Bonchev–Trinajstić information content (AvgIpc) is 3.36. The quantitative estimate of drug-likeness (QED) is 0.836. The summed E-state index contributed by atoms with van der Waals surface area (Å²) in [7, 11) is 0. The van der Waals surface area contributed by atoms with Crippen LogP contribution in [-0.2, 0) is 17.9 Å². The molecular weight excluding hydrogens is 370 g/mol. The Balaban J connectivity index is 1.62. The minimum absolute atomic E-state index is 0.00404. The van der Waals surface area contributed by atoms with E-state index in [9.17, 15) is 9.59 Å². The lowest BCUT2D eigenvalue weighted by molar-refractivity contribution is 0.0683. The summed E-state index contributed by atoms with van der Waals surface area (Å²) in [6, 6.07) is 3.41. The first-order chi connectivity index (χ1) is 14.1. The Labute approximate surface area is 170 Å². The van der Waals surface area contributed by atoms with Gasteiger partial charge in [-0.15, -0.1) is 0 Å². The molecular formula is C21H27N5O3. The van der Waals surface area contributed by atoms with E-state index in [2.05, 4.69) is 22.2 Å². The molecule has 1 fully saturated rings. The van der Waals surface area contributed by atoms with Crippen molar-refractivity contribution in [1.82, 2.24) is 24.8 Å². The summed E-state index contributed by atoms with van der Waals surface area (Å²) in [6.45, 7) is 6.25. The zero-order valence-corrected chi connectivity index (χ0v) is 16.9. The number of nitrogens with zero attached hydrogens (tertiary/aromatic N) is 4. The van der Waals surface area contributed by atoms with E-state index in [1.54, 1.807) is 24.5 Å².